The molecule has 1 aromatic carbocycles. The fourth-order valence-electron chi connectivity index (χ4n) is 3.32. The molecule has 1 aliphatic rings. The molecule has 1 heterocycles. The molecular weight excluding hydrogens is 332 g/mol. The van der Waals surface area contributed by atoms with Gasteiger partial charge in [-0.25, -0.2) is 0 Å². The number of hydrogen-bond acceptors (Lipinski definition) is 3. The van der Waals surface area contributed by atoms with E-state index in [1.807, 2.05) is 37.4 Å². The number of benzene rings is 1. The lowest BCUT2D eigenvalue weighted by Crippen LogP contribution is -2.50. The summed E-state index contributed by atoms with van der Waals surface area (Å²) < 4.78 is 0. The highest BCUT2D eigenvalue weighted by atomic mass is 32.1. The summed E-state index contributed by atoms with van der Waals surface area (Å²) in [5, 5.41) is 7.91. The largest absolute Gasteiger partial charge is 0.347 e. The average molecular weight is 356 g/mol. The number of nitrogens with one attached hydrogen (secondary N) is 2. The minimum Gasteiger partial charge on any atom is -0.347 e. The first-order chi connectivity index (χ1) is 12.1. The summed E-state index contributed by atoms with van der Waals surface area (Å²) in [6, 6.07) is 11.4. The Kier molecular flexibility index (Phi) is 5.53. The van der Waals surface area contributed by atoms with E-state index in [1.165, 1.54) is 22.5 Å². The van der Waals surface area contributed by atoms with E-state index in [0.29, 0.717) is 4.88 Å². The van der Waals surface area contributed by atoms with E-state index in [9.17, 15) is 9.59 Å². The summed E-state index contributed by atoms with van der Waals surface area (Å²) in [6.45, 7) is 3.90. The van der Waals surface area contributed by atoms with Crippen LogP contribution in [0.25, 0.3) is 0 Å². The minimum atomic E-state index is -0.538. The zero-order chi connectivity index (χ0) is 17.8. The van der Waals surface area contributed by atoms with Crippen LogP contribution in [0.4, 0.5) is 0 Å². The van der Waals surface area contributed by atoms with Crippen LogP contribution < -0.4 is 10.6 Å². The molecule has 5 heteroatoms. The molecule has 0 saturated heterocycles. The van der Waals surface area contributed by atoms with Gasteiger partial charge >= 0.3 is 0 Å². The lowest BCUT2D eigenvalue weighted by molar-refractivity contribution is -0.124. The van der Waals surface area contributed by atoms with Crippen molar-refractivity contribution >= 4 is 23.2 Å². The van der Waals surface area contributed by atoms with E-state index in [2.05, 4.69) is 22.8 Å². The quantitative estimate of drug-likeness (QED) is 0.858. The fraction of sp³-hybridized carbons (Fsp3) is 0.400. The van der Waals surface area contributed by atoms with Gasteiger partial charge in [0.1, 0.15) is 6.04 Å². The van der Waals surface area contributed by atoms with Gasteiger partial charge in [-0.3, -0.25) is 9.59 Å². The first-order valence-corrected chi connectivity index (χ1v) is 9.66. The smallest absolute Gasteiger partial charge is 0.262 e. The third-order valence-corrected chi connectivity index (χ3v) is 5.54. The van der Waals surface area contributed by atoms with Gasteiger partial charge in [-0.05, 0) is 47.8 Å². The number of rotatable bonds is 5. The van der Waals surface area contributed by atoms with Crippen LogP contribution in [0.1, 0.15) is 53.5 Å². The van der Waals surface area contributed by atoms with E-state index in [-0.39, 0.29) is 23.8 Å². The van der Waals surface area contributed by atoms with Crippen LogP contribution in [0.5, 0.6) is 0 Å². The first kappa shape index (κ1) is 17.7. The van der Waals surface area contributed by atoms with Crippen LogP contribution >= 0.6 is 11.3 Å². The Morgan fingerprint density at radius 1 is 1.16 bits per heavy atom. The highest BCUT2D eigenvalue weighted by Gasteiger charge is 2.28. The van der Waals surface area contributed by atoms with Crippen molar-refractivity contribution in [2.75, 3.05) is 0 Å². The Labute approximate surface area is 152 Å². The van der Waals surface area contributed by atoms with Crippen LogP contribution in [-0.4, -0.2) is 17.9 Å². The van der Waals surface area contributed by atoms with E-state index < -0.39 is 6.04 Å². The molecule has 2 atom stereocenters. The van der Waals surface area contributed by atoms with Gasteiger partial charge < -0.3 is 10.6 Å². The van der Waals surface area contributed by atoms with E-state index in [0.717, 1.165) is 19.3 Å². The Balaban J connectivity index is 1.71. The van der Waals surface area contributed by atoms with Gasteiger partial charge in [0.25, 0.3) is 5.91 Å². The zero-order valence-corrected chi connectivity index (χ0v) is 15.4. The van der Waals surface area contributed by atoms with Gasteiger partial charge in [0.05, 0.1) is 10.9 Å². The van der Waals surface area contributed by atoms with Gasteiger partial charge in [-0.15, -0.1) is 11.3 Å². The van der Waals surface area contributed by atoms with Crippen LogP contribution in [-0.2, 0) is 11.2 Å². The van der Waals surface area contributed by atoms with Crippen molar-refractivity contribution in [3.05, 3.63) is 57.8 Å². The molecule has 3 rings (SSSR count). The molecule has 0 unspecified atom stereocenters. The van der Waals surface area contributed by atoms with Gasteiger partial charge in [0.15, 0.2) is 0 Å². The summed E-state index contributed by atoms with van der Waals surface area (Å²) in [5.41, 5.74) is 2.51. The Hall–Kier alpha value is -2.14. The maximum atomic E-state index is 12.8. The molecule has 2 N–H and O–H groups in total. The van der Waals surface area contributed by atoms with Gasteiger partial charge in [0, 0.05) is 0 Å². The highest BCUT2D eigenvalue weighted by Crippen LogP contribution is 2.29. The maximum absolute atomic E-state index is 12.8. The standard InChI is InChI=1S/C20H24N2O2S/c1-13(2)18(22-19(23)17-11-6-12-25-17)20(24)21-16-10-5-8-14-7-3-4-9-15(14)16/h3-4,6-7,9,11-13,16,18H,5,8,10H2,1-2H3,(H,21,24)(H,22,23)/t16-,18+/m0/s1. The summed E-state index contributed by atoms with van der Waals surface area (Å²) in [6.07, 6.45) is 3.06. The Morgan fingerprint density at radius 3 is 2.68 bits per heavy atom. The average Bonchev–Trinajstić information content (AvgIpc) is 3.14. The molecule has 2 amide bonds. The number of hydrogen-bond donors (Lipinski definition) is 2. The molecule has 0 saturated carbocycles. The van der Waals surface area contributed by atoms with Crippen molar-refractivity contribution in [3.63, 3.8) is 0 Å². The second-order valence-corrected chi connectivity index (χ2v) is 7.77. The molecule has 1 aromatic heterocycles. The molecule has 4 nitrogen and oxygen atoms in total. The number of amides is 2. The molecule has 0 spiro atoms. The fourth-order valence-corrected chi connectivity index (χ4v) is 3.95. The molecule has 0 fully saturated rings. The molecule has 1 aliphatic carbocycles. The van der Waals surface area contributed by atoms with E-state index >= 15 is 0 Å². The number of fused-ring (bicyclic) bond motifs is 1. The van der Waals surface area contributed by atoms with Crippen molar-refractivity contribution in [1.29, 1.82) is 0 Å². The van der Waals surface area contributed by atoms with Crippen LogP contribution in [0.2, 0.25) is 0 Å². The van der Waals surface area contributed by atoms with Crippen molar-refractivity contribution in [3.8, 4) is 0 Å². The summed E-state index contributed by atoms with van der Waals surface area (Å²) >= 11 is 1.38. The second-order valence-electron chi connectivity index (χ2n) is 6.82. The molecule has 2 aromatic rings. The van der Waals surface area contributed by atoms with E-state index in [4.69, 9.17) is 0 Å². The summed E-state index contributed by atoms with van der Waals surface area (Å²) in [7, 11) is 0. The zero-order valence-electron chi connectivity index (χ0n) is 14.6. The van der Waals surface area contributed by atoms with Crippen molar-refractivity contribution in [2.24, 2.45) is 5.92 Å². The molecule has 0 aliphatic heterocycles. The third-order valence-electron chi connectivity index (χ3n) is 4.67. The molecule has 25 heavy (non-hydrogen) atoms. The van der Waals surface area contributed by atoms with Gasteiger partial charge in [-0.1, -0.05) is 44.2 Å². The topological polar surface area (TPSA) is 58.2 Å². The predicted octanol–water partition coefficient (Wildman–Crippen LogP) is 3.70. The molecular formula is C20H24N2O2S. The monoisotopic (exact) mass is 356 g/mol. The predicted molar refractivity (Wildman–Crippen MR) is 101 cm³/mol. The normalized spacial score (nSPS) is 17.6. The lowest BCUT2D eigenvalue weighted by Gasteiger charge is -2.29. The molecule has 0 bridgehead atoms. The molecule has 0 radical (unpaired) electrons. The maximum Gasteiger partial charge on any atom is 0.262 e. The summed E-state index contributed by atoms with van der Waals surface area (Å²) in [4.78, 5) is 25.8. The van der Waals surface area contributed by atoms with Crippen LogP contribution in [0.15, 0.2) is 41.8 Å². The minimum absolute atomic E-state index is 0.0164. The van der Waals surface area contributed by atoms with E-state index in [1.54, 1.807) is 6.07 Å². The highest BCUT2D eigenvalue weighted by molar-refractivity contribution is 7.12. The SMILES string of the molecule is CC(C)[C@@H](NC(=O)c1cccs1)C(=O)N[C@H]1CCCc2ccccc21. The number of aryl methyl sites for hydroxylation is 1. The number of carbonyl (C=O) groups is 2. The summed E-state index contributed by atoms with van der Waals surface area (Å²) in [5.74, 6) is -0.280. The van der Waals surface area contributed by atoms with Gasteiger partial charge in [0.2, 0.25) is 5.91 Å². The van der Waals surface area contributed by atoms with Crippen molar-refractivity contribution in [1.82, 2.24) is 10.6 Å². The van der Waals surface area contributed by atoms with Crippen LogP contribution in [0.3, 0.4) is 0 Å². The number of carbonyl (C=O) groups excluding carboxylic acids is 2. The van der Waals surface area contributed by atoms with Crippen molar-refractivity contribution < 1.29 is 9.59 Å². The Bertz CT molecular complexity index is 740. The lowest BCUT2D eigenvalue weighted by atomic mass is 9.87. The second kappa shape index (κ2) is 7.83. The first-order valence-electron chi connectivity index (χ1n) is 8.79. The van der Waals surface area contributed by atoms with Crippen LogP contribution in [0, 0.1) is 5.92 Å². The molecule has 132 valence electrons. The Morgan fingerprint density at radius 2 is 1.96 bits per heavy atom. The van der Waals surface area contributed by atoms with Crippen molar-refractivity contribution in [2.45, 2.75) is 45.2 Å². The third kappa shape index (κ3) is 4.10. The van der Waals surface area contributed by atoms with Gasteiger partial charge in [-0.2, -0.15) is 0 Å². The number of thiophene rings is 1.